The van der Waals surface area contributed by atoms with Crippen LogP contribution in [0.1, 0.15) is 18.4 Å². The number of alkyl halides is 3. The molecule has 0 atom stereocenters. The number of hydrogen-bond donors (Lipinski definition) is 0. The summed E-state index contributed by atoms with van der Waals surface area (Å²) in [6.07, 6.45) is -2.00. The van der Waals surface area contributed by atoms with Gasteiger partial charge in [0.05, 0.1) is 5.56 Å². The van der Waals surface area contributed by atoms with Crippen LogP contribution < -0.4 is 4.90 Å². The molecule has 1 aliphatic heterocycles. The van der Waals surface area contributed by atoms with Crippen LogP contribution in [0.25, 0.3) is 0 Å². The summed E-state index contributed by atoms with van der Waals surface area (Å²) in [4.78, 5) is 2.13. The van der Waals surface area contributed by atoms with Crippen LogP contribution in [0.3, 0.4) is 0 Å². The molecule has 0 spiro atoms. The molecule has 0 radical (unpaired) electrons. The van der Waals surface area contributed by atoms with E-state index in [1.165, 1.54) is 6.07 Å². The zero-order valence-corrected chi connectivity index (χ0v) is 10.7. The van der Waals surface area contributed by atoms with E-state index in [-0.39, 0.29) is 3.57 Å². The van der Waals surface area contributed by atoms with Crippen LogP contribution in [-0.2, 0) is 6.18 Å². The first-order chi connectivity index (χ1) is 7.48. The highest BCUT2D eigenvalue weighted by atomic mass is 127. The molecule has 0 saturated carbocycles. The lowest BCUT2D eigenvalue weighted by Gasteiger charge is -2.19. The molecule has 0 aromatic heterocycles. The molecule has 2 rings (SSSR count). The van der Waals surface area contributed by atoms with E-state index >= 15 is 0 Å². The van der Waals surface area contributed by atoms with Gasteiger partial charge in [-0.1, -0.05) is 0 Å². The van der Waals surface area contributed by atoms with Crippen molar-refractivity contribution in [1.82, 2.24) is 0 Å². The SMILES string of the molecule is FC(F)(F)c1ccc(N2CCCC2)cc1I. The number of nitrogens with zero attached hydrogens (tertiary/aromatic N) is 1. The summed E-state index contributed by atoms with van der Waals surface area (Å²) in [5.74, 6) is 0. The van der Waals surface area contributed by atoms with Crippen LogP contribution >= 0.6 is 22.6 Å². The number of halogens is 4. The lowest BCUT2D eigenvalue weighted by Crippen LogP contribution is -2.18. The molecule has 1 aromatic rings. The molecule has 0 unspecified atom stereocenters. The summed E-state index contributed by atoms with van der Waals surface area (Å²) in [7, 11) is 0. The second-order valence-corrected chi connectivity index (χ2v) is 5.02. The minimum atomic E-state index is -4.25. The predicted molar refractivity (Wildman–Crippen MR) is 65.6 cm³/mol. The summed E-state index contributed by atoms with van der Waals surface area (Å²) in [6.45, 7) is 1.89. The molecule has 1 fully saturated rings. The summed E-state index contributed by atoms with van der Waals surface area (Å²) in [5.41, 5.74) is 0.353. The zero-order valence-electron chi connectivity index (χ0n) is 8.52. The van der Waals surface area contributed by atoms with E-state index in [2.05, 4.69) is 4.90 Å². The molecular weight excluding hydrogens is 330 g/mol. The second kappa shape index (κ2) is 4.43. The Labute approximate surface area is 106 Å². The first kappa shape index (κ1) is 12.0. The summed E-state index contributed by atoms with van der Waals surface area (Å²) >= 11 is 1.75. The van der Waals surface area contributed by atoms with Crippen molar-refractivity contribution in [3.8, 4) is 0 Å². The van der Waals surface area contributed by atoms with Crippen molar-refractivity contribution in [2.24, 2.45) is 0 Å². The van der Waals surface area contributed by atoms with Crippen LogP contribution in [0.5, 0.6) is 0 Å². The van der Waals surface area contributed by atoms with E-state index in [9.17, 15) is 13.2 Å². The second-order valence-electron chi connectivity index (χ2n) is 3.86. The lowest BCUT2D eigenvalue weighted by molar-refractivity contribution is -0.138. The highest BCUT2D eigenvalue weighted by Crippen LogP contribution is 2.35. The molecule has 1 saturated heterocycles. The van der Waals surface area contributed by atoms with Crippen molar-refractivity contribution in [1.29, 1.82) is 0 Å². The molecule has 0 bridgehead atoms. The summed E-state index contributed by atoms with van der Waals surface area (Å²) in [6, 6.07) is 4.36. The Morgan fingerprint density at radius 3 is 2.25 bits per heavy atom. The van der Waals surface area contributed by atoms with Crippen molar-refractivity contribution in [2.45, 2.75) is 19.0 Å². The predicted octanol–water partition coefficient (Wildman–Crippen LogP) is 3.91. The highest BCUT2D eigenvalue weighted by molar-refractivity contribution is 14.1. The van der Waals surface area contributed by atoms with Crippen molar-refractivity contribution >= 4 is 28.3 Å². The lowest BCUT2D eigenvalue weighted by atomic mass is 10.2. The molecule has 16 heavy (non-hydrogen) atoms. The monoisotopic (exact) mass is 341 g/mol. The van der Waals surface area contributed by atoms with Crippen LogP contribution in [0.4, 0.5) is 18.9 Å². The fraction of sp³-hybridized carbons (Fsp3) is 0.455. The topological polar surface area (TPSA) is 3.24 Å². The van der Waals surface area contributed by atoms with Gasteiger partial charge in [-0.05, 0) is 53.6 Å². The highest BCUT2D eigenvalue weighted by Gasteiger charge is 2.33. The number of benzene rings is 1. The maximum absolute atomic E-state index is 12.5. The smallest absolute Gasteiger partial charge is 0.372 e. The van der Waals surface area contributed by atoms with Crippen LogP contribution in [0.2, 0.25) is 0 Å². The van der Waals surface area contributed by atoms with E-state index < -0.39 is 11.7 Å². The molecule has 5 heteroatoms. The van der Waals surface area contributed by atoms with Gasteiger partial charge in [0.15, 0.2) is 0 Å². The molecule has 0 amide bonds. The Kier molecular flexibility index (Phi) is 3.32. The quantitative estimate of drug-likeness (QED) is 0.700. The molecule has 1 heterocycles. The minimum absolute atomic E-state index is 0.273. The third kappa shape index (κ3) is 2.44. The maximum atomic E-state index is 12.5. The molecule has 1 nitrogen and oxygen atoms in total. The van der Waals surface area contributed by atoms with Gasteiger partial charge in [-0.25, -0.2) is 0 Å². The minimum Gasteiger partial charge on any atom is -0.372 e. The maximum Gasteiger partial charge on any atom is 0.417 e. The first-order valence-corrected chi connectivity index (χ1v) is 6.18. The van der Waals surface area contributed by atoms with Gasteiger partial charge < -0.3 is 4.90 Å². The fourth-order valence-corrected chi connectivity index (χ4v) is 2.71. The molecular formula is C11H11F3IN. The summed E-state index contributed by atoms with van der Waals surface area (Å²) in [5, 5.41) is 0. The Morgan fingerprint density at radius 2 is 1.75 bits per heavy atom. The van der Waals surface area contributed by atoms with E-state index in [4.69, 9.17) is 0 Å². The van der Waals surface area contributed by atoms with Gasteiger partial charge in [-0.15, -0.1) is 0 Å². The van der Waals surface area contributed by atoms with E-state index in [0.717, 1.165) is 31.6 Å². The molecule has 0 aliphatic carbocycles. The Hall–Kier alpha value is -0.460. The van der Waals surface area contributed by atoms with Crippen molar-refractivity contribution in [3.05, 3.63) is 27.3 Å². The number of rotatable bonds is 1. The molecule has 0 N–H and O–H groups in total. The molecule has 1 aromatic carbocycles. The van der Waals surface area contributed by atoms with Gasteiger partial charge in [-0.3, -0.25) is 0 Å². The number of hydrogen-bond acceptors (Lipinski definition) is 1. The standard InChI is InChI=1S/C11H11F3IN/c12-11(13,14)9-4-3-8(7-10(9)15)16-5-1-2-6-16/h3-4,7H,1-2,5-6H2. The van der Waals surface area contributed by atoms with Crippen molar-refractivity contribution < 1.29 is 13.2 Å². The van der Waals surface area contributed by atoms with Crippen LogP contribution in [-0.4, -0.2) is 13.1 Å². The van der Waals surface area contributed by atoms with Gasteiger partial charge in [-0.2, -0.15) is 13.2 Å². The zero-order chi connectivity index (χ0) is 11.8. The average Bonchev–Trinajstić information content (AvgIpc) is 2.68. The van der Waals surface area contributed by atoms with Gasteiger partial charge >= 0.3 is 6.18 Å². The normalized spacial score (nSPS) is 16.9. The first-order valence-electron chi connectivity index (χ1n) is 5.10. The van der Waals surface area contributed by atoms with Crippen molar-refractivity contribution in [3.63, 3.8) is 0 Å². The third-order valence-corrected chi connectivity index (χ3v) is 3.62. The van der Waals surface area contributed by atoms with Gasteiger partial charge in [0, 0.05) is 22.3 Å². The van der Waals surface area contributed by atoms with E-state index in [1.54, 1.807) is 34.7 Å². The van der Waals surface area contributed by atoms with Crippen molar-refractivity contribution in [2.75, 3.05) is 18.0 Å². The fourth-order valence-electron chi connectivity index (χ4n) is 1.91. The Bertz CT molecular complexity index is 383. The Balaban J connectivity index is 2.29. The largest absolute Gasteiger partial charge is 0.417 e. The molecule has 1 aliphatic rings. The van der Waals surface area contributed by atoms with E-state index in [0.29, 0.717) is 0 Å². The van der Waals surface area contributed by atoms with Crippen LogP contribution in [0.15, 0.2) is 18.2 Å². The number of anilines is 1. The molecule has 88 valence electrons. The van der Waals surface area contributed by atoms with Gasteiger partial charge in [0.1, 0.15) is 0 Å². The van der Waals surface area contributed by atoms with Crippen LogP contribution in [0, 0.1) is 3.57 Å². The van der Waals surface area contributed by atoms with E-state index in [1.807, 2.05) is 0 Å². The van der Waals surface area contributed by atoms with Gasteiger partial charge in [0.2, 0.25) is 0 Å². The Morgan fingerprint density at radius 1 is 1.12 bits per heavy atom. The average molecular weight is 341 g/mol. The third-order valence-electron chi connectivity index (χ3n) is 2.73. The summed E-state index contributed by atoms with van der Waals surface area (Å²) < 4.78 is 37.9. The van der Waals surface area contributed by atoms with Gasteiger partial charge in [0.25, 0.3) is 0 Å².